The predicted molar refractivity (Wildman–Crippen MR) is 48.6 cm³/mol. The summed E-state index contributed by atoms with van der Waals surface area (Å²) in [6.45, 7) is 6.54. The molecule has 0 aliphatic heterocycles. The highest BCUT2D eigenvalue weighted by atomic mass is 16.5. The van der Waals surface area contributed by atoms with Crippen LogP contribution in [0, 0.1) is 6.57 Å². The van der Waals surface area contributed by atoms with Crippen molar-refractivity contribution >= 4 is 6.08 Å². The highest BCUT2D eigenvalue weighted by molar-refractivity contribution is 5.51. The lowest BCUT2D eigenvalue weighted by molar-refractivity contribution is 0.415. The van der Waals surface area contributed by atoms with Gasteiger partial charge in [-0.1, -0.05) is 18.2 Å². The van der Waals surface area contributed by atoms with Gasteiger partial charge in [0.1, 0.15) is 5.75 Å². The molecule has 0 aliphatic rings. The van der Waals surface area contributed by atoms with E-state index in [2.05, 4.69) is 4.85 Å². The van der Waals surface area contributed by atoms with Gasteiger partial charge < -0.3 is 4.74 Å². The van der Waals surface area contributed by atoms with E-state index in [1.165, 1.54) is 6.20 Å². The quantitative estimate of drug-likeness (QED) is 0.605. The monoisotopic (exact) mass is 159 g/mol. The van der Waals surface area contributed by atoms with Crippen molar-refractivity contribution in [2.75, 3.05) is 7.11 Å². The van der Waals surface area contributed by atoms with Crippen LogP contribution in [0.15, 0.2) is 30.5 Å². The summed E-state index contributed by atoms with van der Waals surface area (Å²) in [7, 11) is 1.63. The van der Waals surface area contributed by atoms with E-state index in [0.717, 1.165) is 11.3 Å². The first-order valence-corrected chi connectivity index (χ1v) is 3.54. The van der Waals surface area contributed by atoms with Crippen LogP contribution in [0.25, 0.3) is 10.9 Å². The van der Waals surface area contributed by atoms with E-state index in [1.54, 1.807) is 13.2 Å². The fourth-order valence-corrected chi connectivity index (χ4v) is 0.838. The second-order valence-corrected chi connectivity index (χ2v) is 2.22. The molecule has 1 aromatic rings. The summed E-state index contributed by atoms with van der Waals surface area (Å²) in [5.74, 6) is 0.829. The van der Waals surface area contributed by atoms with Crippen molar-refractivity contribution in [3.63, 3.8) is 0 Å². The van der Waals surface area contributed by atoms with Gasteiger partial charge in [0.05, 0.1) is 13.7 Å². The molecule has 2 nitrogen and oxygen atoms in total. The standard InChI is InChI=1S/C10H9NO/c1-11-8-7-9-3-5-10(12-2)6-4-9/h3-8H,2H3. The van der Waals surface area contributed by atoms with Gasteiger partial charge in [-0.25, -0.2) is 4.85 Å². The van der Waals surface area contributed by atoms with E-state index < -0.39 is 0 Å². The Balaban J connectivity index is 2.79. The molecule has 0 unspecified atom stereocenters. The molecule has 0 saturated carbocycles. The molecule has 0 aromatic heterocycles. The molecule has 0 spiro atoms. The summed E-state index contributed by atoms with van der Waals surface area (Å²) in [6.07, 6.45) is 3.19. The summed E-state index contributed by atoms with van der Waals surface area (Å²) in [6, 6.07) is 7.54. The maximum Gasteiger partial charge on any atom is 0.154 e. The van der Waals surface area contributed by atoms with E-state index in [4.69, 9.17) is 11.3 Å². The molecular formula is C10H9NO. The van der Waals surface area contributed by atoms with Gasteiger partial charge in [-0.05, 0) is 17.7 Å². The van der Waals surface area contributed by atoms with Crippen LogP contribution in [-0.4, -0.2) is 7.11 Å². The van der Waals surface area contributed by atoms with Crippen molar-refractivity contribution in [3.05, 3.63) is 47.4 Å². The van der Waals surface area contributed by atoms with Crippen molar-refractivity contribution in [3.8, 4) is 5.75 Å². The lowest BCUT2D eigenvalue weighted by Gasteiger charge is -1.98. The Bertz CT molecular complexity index is 306. The van der Waals surface area contributed by atoms with E-state index in [9.17, 15) is 0 Å². The summed E-state index contributed by atoms with van der Waals surface area (Å²) in [4.78, 5) is 3.11. The Morgan fingerprint density at radius 3 is 2.50 bits per heavy atom. The molecule has 0 fully saturated rings. The van der Waals surface area contributed by atoms with Crippen LogP contribution < -0.4 is 4.74 Å². The summed E-state index contributed by atoms with van der Waals surface area (Å²) < 4.78 is 4.99. The number of hydrogen-bond acceptors (Lipinski definition) is 1. The van der Waals surface area contributed by atoms with E-state index in [0.29, 0.717) is 0 Å². The van der Waals surface area contributed by atoms with Crippen LogP contribution in [0.5, 0.6) is 5.75 Å². The Hall–Kier alpha value is -1.75. The zero-order chi connectivity index (χ0) is 8.81. The fraction of sp³-hybridized carbons (Fsp3) is 0.100. The normalized spacial score (nSPS) is 9.67. The maximum atomic E-state index is 6.54. The van der Waals surface area contributed by atoms with Crippen molar-refractivity contribution < 1.29 is 4.74 Å². The zero-order valence-electron chi connectivity index (χ0n) is 6.82. The van der Waals surface area contributed by atoms with Gasteiger partial charge in [0.25, 0.3) is 0 Å². The maximum absolute atomic E-state index is 6.54. The van der Waals surface area contributed by atoms with Crippen LogP contribution >= 0.6 is 0 Å². The molecule has 0 bridgehead atoms. The fourth-order valence-electron chi connectivity index (χ4n) is 0.838. The molecule has 1 aromatic carbocycles. The Labute approximate surface area is 71.9 Å². The number of ether oxygens (including phenoxy) is 1. The van der Waals surface area contributed by atoms with Gasteiger partial charge in [-0.2, -0.15) is 0 Å². The summed E-state index contributed by atoms with van der Waals surface area (Å²) in [5.41, 5.74) is 1.01. The molecule has 0 heterocycles. The van der Waals surface area contributed by atoms with Crippen molar-refractivity contribution in [1.29, 1.82) is 0 Å². The molecular weight excluding hydrogens is 150 g/mol. The molecule has 0 N–H and O–H groups in total. The van der Waals surface area contributed by atoms with E-state index in [1.807, 2.05) is 24.3 Å². The van der Waals surface area contributed by atoms with Crippen LogP contribution in [0.1, 0.15) is 5.56 Å². The molecule has 0 saturated heterocycles. The van der Waals surface area contributed by atoms with Gasteiger partial charge in [0.15, 0.2) is 6.20 Å². The number of methoxy groups -OCH3 is 1. The third-order valence-electron chi connectivity index (χ3n) is 1.46. The van der Waals surface area contributed by atoms with Crippen LogP contribution in [0.2, 0.25) is 0 Å². The molecule has 1 rings (SSSR count). The summed E-state index contributed by atoms with van der Waals surface area (Å²) >= 11 is 0. The average molecular weight is 159 g/mol. The summed E-state index contributed by atoms with van der Waals surface area (Å²) in [5, 5.41) is 0. The lowest BCUT2D eigenvalue weighted by Crippen LogP contribution is -1.80. The SMILES string of the molecule is [C-]#[N+]C=Cc1ccc(OC)cc1. The van der Waals surface area contributed by atoms with Crippen molar-refractivity contribution in [2.45, 2.75) is 0 Å². The highest BCUT2D eigenvalue weighted by Crippen LogP contribution is 2.11. The lowest BCUT2D eigenvalue weighted by atomic mass is 10.2. The predicted octanol–water partition coefficient (Wildman–Crippen LogP) is 2.59. The Morgan fingerprint density at radius 2 is 2.00 bits per heavy atom. The molecule has 0 radical (unpaired) electrons. The Kier molecular flexibility index (Phi) is 2.92. The van der Waals surface area contributed by atoms with Crippen molar-refractivity contribution in [2.24, 2.45) is 0 Å². The highest BCUT2D eigenvalue weighted by Gasteiger charge is 1.88. The van der Waals surface area contributed by atoms with E-state index in [-0.39, 0.29) is 0 Å². The van der Waals surface area contributed by atoms with Gasteiger partial charge >= 0.3 is 0 Å². The van der Waals surface area contributed by atoms with Crippen LogP contribution in [0.3, 0.4) is 0 Å². The minimum Gasteiger partial charge on any atom is -0.497 e. The topological polar surface area (TPSA) is 13.6 Å². The van der Waals surface area contributed by atoms with Gasteiger partial charge in [0.2, 0.25) is 0 Å². The molecule has 0 atom stereocenters. The second-order valence-electron chi connectivity index (χ2n) is 2.22. The molecule has 2 heteroatoms. The first-order valence-electron chi connectivity index (χ1n) is 3.54. The first kappa shape index (κ1) is 8.35. The smallest absolute Gasteiger partial charge is 0.154 e. The molecule has 60 valence electrons. The first-order chi connectivity index (χ1) is 5.86. The van der Waals surface area contributed by atoms with Crippen LogP contribution in [-0.2, 0) is 0 Å². The second kappa shape index (κ2) is 4.20. The number of hydrogen-bond donors (Lipinski definition) is 0. The minimum absolute atomic E-state index is 0.829. The third-order valence-corrected chi connectivity index (χ3v) is 1.46. The third kappa shape index (κ3) is 2.14. The number of nitrogens with zero attached hydrogens (tertiary/aromatic N) is 1. The van der Waals surface area contributed by atoms with Gasteiger partial charge in [-0.3, -0.25) is 0 Å². The molecule has 12 heavy (non-hydrogen) atoms. The van der Waals surface area contributed by atoms with Crippen LogP contribution in [0.4, 0.5) is 0 Å². The number of benzene rings is 1. The molecule has 0 aliphatic carbocycles. The van der Waals surface area contributed by atoms with Gasteiger partial charge in [0, 0.05) is 0 Å². The van der Waals surface area contributed by atoms with Crippen molar-refractivity contribution in [1.82, 2.24) is 0 Å². The van der Waals surface area contributed by atoms with Gasteiger partial charge in [-0.15, -0.1) is 0 Å². The molecule has 0 amide bonds. The average Bonchev–Trinajstić information content (AvgIpc) is 2.15. The Morgan fingerprint density at radius 1 is 1.33 bits per heavy atom. The zero-order valence-corrected chi connectivity index (χ0v) is 6.82. The largest absolute Gasteiger partial charge is 0.497 e. The number of rotatable bonds is 2. The van der Waals surface area contributed by atoms with E-state index >= 15 is 0 Å². The minimum atomic E-state index is 0.829.